The second-order valence-electron chi connectivity index (χ2n) is 3.89. The fourth-order valence-electron chi connectivity index (χ4n) is 1.63. The minimum absolute atomic E-state index is 0.0550. The van der Waals surface area contributed by atoms with Gasteiger partial charge in [0.15, 0.2) is 11.5 Å². The summed E-state index contributed by atoms with van der Waals surface area (Å²) in [6, 6.07) is 8.54. The largest absolute Gasteiger partial charge is 0.493 e. The van der Waals surface area contributed by atoms with Crippen molar-refractivity contribution in [3.63, 3.8) is 0 Å². The van der Waals surface area contributed by atoms with Gasteiger partial charge >= 0.3 is 0 Å². The van der Waals surface area contributed by atoms with Gasteiger partial charge < -0.3 is 19.7 Å². The maximum absolute atomic E-state index is 9.07. The lowest BCUT2D eigenvalue weighted by molar-refractivity contribution is 0.276. The molecule has 0 atom stereocenters. The van der Waals surface area contributed by atoms with E-state index < -0.39 is 0 Å². The summed E-state index contributed by atoms with van der Waals surface area (Å²) in [6.07, 6.45) is 1.56. The molecule has 0 aliphatic heterocycles. The second-order valence-corrected chi connectivity index (χ2v) is 3.89. The van der Waals surface area contributed by atoms with E-state index in [9.17, 15) is 0 Å². The van der Waals surface area contributed by atoms with Crippen molar-refractivity contribution in [3.8, 4) is 17.2 Å². The first-order valence-corrected chi connectivity index (χ1v) is 5.78. The highest BCUT2D eigenvalue weighted by molar-refractivity contribution is 5.45. The molecular formula is C14H15NO4. The fourth-order valence-corrected chi connectivity index (χ4v) is 1.63. The molecule has 0 spiro atoms. The zero-order valence-electron chi connectivity index (χ0n) is 10.5. The molecule has 0 aliphatic rings. The predicted octanol–water partition coefficient (Wildman–Crippen LogP) is 1.87. The van der Waals surface area contributed by atoms with E-state index in [0.717, 1.165) is 5.56 Å². The van der Waals surface area contributed by atoms with E-state index in [1.807, 2.05) is 0 Å². The van der Waals surface area contributed by atoms with Gasteiger partial charge in [0.05, 0.1) is 26.0 Å². The van der Waals surface area contributed by atoms with Crippen molar-refractivity contribution in [1.82, 2.24) is 4.98 Å². The first-order chi connectivity index (χ1) is 9.26. The van der Waals surface area contributed by atoms with Crippen LogP contribution >= 0.6 is 0 Å². The van der Waals surface area contributed by atoms with Crippen molar-refractivity contribution in [2.45, 2.75) is 13.2 Å². The van der Waals surface area contributed by atoms with Crippen molar-refractivity contribution < 1.29 is 19.7 Å². The number of nitrogens with zero attached hydrogens (tertiary/aromatic N) is 1. The summed E-state index contributed by atoms with van der Waals surface area (Å²) in [6.45, 7) is -0.196. The molecule has 0 radical (unpaired) electrons. The fraction of sp³-hybridized carbons (Fsp3) is 0.214. The maximum Gasteiger partial charge on any atom is 0.169 e. The molecule has 1 aromatic carbocycles. The third kappa shape index (κ3) is 3.21. The van der Waals surface area contributed by atoms with E-state index in [0.29, 0.717) is 22.9 Å². The molecule has 100 valence electrons. The first-order valence-electron chi connectivity index (χ1n) is 5.78. The Kier molecular flexibility index (Phi) is 4.33. The summed E-state index contributed by atoms with van der Waals surface area (Å²) in [7, 11) is 1.54. The minimum Gasteiger partial charge on any atom is -0.493 e. The van der Waals surface area contributed by atoms with Crippen molar-refractivity contribution >= 4 is 0 Å². The number of aromatic nitrogens is 1. The van der Waals surface area contributed by atoms with Crippen molar-refractivity contribution in [1.29, 1.82) is 0 Å². The molecule has 0 aliphatic carbocycles. The highest BCUT2D eigenvalue weighted by Crippen LogP contribution is 2.32. The van der Waals surface area contributed by atoms with E-state index in [2.05, 4.69) is 4.98 Å². The smallest absolute Gasteiger partial charge is 0.169 e. The zero-order valence-corrected chi connectivity index (χ0v) is 10.5. The summed E-state index contributed by atoms with van der Waals surface area (Å²) in [5, 5.41) is 18.1. The minimum atomic E-state index is -0.141. The molecule has 2 N–H and O–H groups in total. The average molecular weight is 261 g/mol. The number of ether oxygens (including phenoxy) is 2. The van der Waals surface area contributed by atoms with Gasteiger partial charge in [0, 0.05) is 12.3 Å². The molecule has 2 aromatic rings. The molecule has 2 rings (SSSR count). The lowest BCUT2D eigenvalue weighted by Crippen LogP contribution is -1.94. The Hall–Kier alpha value is -2.11. The summed E-state index contributed by atoms with van der Waals surface area (Å²) < 4.78 is 10.9. The highest BCUT2D eigenvalue weighted by Gasteiger charge is 2.07. The predicted molar refractivity (Wildman–Crippen MR) is 69.2 cm³/mol. The van der Waals surface area contributed by atoms with Crippen molar-refractivity contribution in [2.75, 3.05) is 7.11 Å². The third-order valence-electron chi connectivity index (χ3n) is 2.59. The molecule has 19 heavy (non-hydrogen) atoms. The van der Waals surface area contributed by atoms with Gasteiger partial charge in [-0.2, -0.15) is 0 Å². The number of aliphatic hydroxyl groups is 2. The van der Waals surface area contributed by atoms with E-state index in [1.165, 1.54) is 7.11 Å². The Balaban J connectivity index is 2.26. The maximum atomic E-state index is 9.07. The van der Waals surface area contributed by atoms with Crippen LogP contribution in [0.5, 0.6) is 17.2 Å². The summed E-state index contributed by atoms with van der Waals surface area (Å²) in [4.78, 5) is 3.98. The van der Waals surface area contributed by atoms with Gasteiger partial charge in [-0.25, -0.2) is 0 Å². The second kappa shape index (κ2) is 6.17. The SMILES string of the molecule is COc1cc(CO)ccc1Oc1ccnc(CO)c1. The van der Waals surface area contributed by atoms with Crippen LogP contribution in [0, 0.1) is 0 Å². The lowest BCUT2D eigenvalue weighted by Gasteiger charge is -2.11. The molecule has 5 heteroatoms. The Morgan fingerprint density at radius 3 is 2.58 bits per heavy atom. The number of rotatable bonds is 5. The molecule has 1 heterocycles. The van der Waals surface area contributed by atoms with E-state index >= 15 is 0 Å². The van der Waals surface area contributed by atoms with E-state index in [-0.39, 0.29) is 13.2 Å². The van der Waals surface area contributed by atoms with Crippen LogP contribution < -0.4 is 9.47 Å². The van der Waals surface area contributed by atoms with Crippen LogP contribution in [0.2, 0.25) is 0 Å². The first kappa shape index (κ1) is 13.3. The quantitative estimate of drug-likeness (QED) is 0.859. The Labute approximate surface area is 111 Å². The molecule has 0 bridgehead atoms. The standard InChI is InChI=1S/C14H15NO4/c1-18-14-6-10(8-16)2-3-13(14)19-12-4-5-15-11(7-12)9-17/h2-7,16-17H,8-9H2,1H3. The van der Waals surface area contributed by atoms with Gasteiger partial charge in [0.25, 0.3) is 0 Å². The van der Waals surface area contributed by atoms with Gasteiger partial charge in [-0.05, 0) is 23.8 Å². The summed E-state index contributed by atoms with van der Waals surface area (Å²) >= 11 is 0. The Morgan fingerprint density at radius 2 is 1.89 bits per heavy atom. The topological polar surface area (TPSA) is 71.8 Å². The number of hydrogen-bond acceptors (Lipinski definition) is 5. The molecule has 0 unspecified atom stereocenters. The number of aliphatic hydroxyl groups excluding tert-OH is 2. The molecule has 0 saturated carbocycles. The zero-order chi connectivity index (χ0) is 13.7. The highest BCUT2D eigenvalue weighted by atomic mass is 16.5. The summed E-state index contributed by atoms with van der Waals surface area (Å²) in [5.41, 5.74) is 1.28. The van der Waals surface area contributed by atoms with E-state index in [1.54, 1.807) is 36.5 Å². The van der Waals surface area contributed by atoms with Crippen molar-refractivity contribution in [3.05, 3.63) is 47.8 Å². The van der Waals surface area contributed by atoms with Crippen LogP contribution in [0.3, 0.4) is 0 Å². The lowest BCUT2D eigenvalue weighted by atomic mass is 10.2. The Bertz CT molecular complexity index is 557. The van der Waals surface area contributed by atoms with Crippen LogP contribution in [-0.2, 0) is 13.2 Å². The molecular weight excluding hydrogens is 246 g/mol. The number of benzene rings is 1. The monoisotopic (exact) mass is 261 g/mol. The van der Waals surface area contributed by atoms with Gasteiger partial charge in [0.2, 0.25) is 0 Å². The molecule has 1 aromatic heterocycles. The third-order valence-corrected chi connectivity index (χ3v) is 2.59. The normalized spacial score (nSPS) is 10.3. The van der Waals surface area contributed by atoms with Crippen LogP contribution in [0.1, 0.15) is 11.3 Å². The number of hydrogen-bond donors (Lipinski definition) is 2. The van der Waals surface area contributed by atoms with Gasteiger partial charge in [0.1, 0.15) is 5.75 Å². The molecule has 5 nitrogen and oxygen atoms in total. The van der Waals surface area contributed by atoms with Crippen LogP contribution in [0.4, 0.5) is 0 Å². The molecule has 0 fully saturated rings. The number of pyridine rings is 1. The number of methoxy groups -OCH3 is 1. The average Bonchev–Trinajstić information content (AvgIpc) is 2.48. The summed E-state index contributed by atoms with van der Waals surface area (Å²) in [5.74, 6) is 1.64. The van der Waals surface area contributed by atoms with Gasteiger partial charge in [-0.1, -0.05) is 6.07 Å². The molecule has 0 saturated heterocycles. The van der Waals surface area contributed by atoms with Crippen LogP contribution in [-0.4, -0.2) is 22.3 Å². The van der Waals surface area contributed by atoms with Gasteiger partial charge in [-0.3, -0.25) is 4.98 Å². The Morgan fingerprint density at radius 1 is 1.05 bits per heavy atom. The van der Waals surface area contributed by atoms with Crippen LogP contribution in [0.15, 0.2) is 36.5 Å². The van der Waals surface area contributed by atoms with Crippen LogP contribution in [0.25, 0.3) is 0 Å². The van der Waals surface area contributed by atoms with Gasteiger partial charge in [-0.15, -0.1) is 0 Å². The van der Waals surface area contributed by atoms with E-state index in [4.69, 9.17) is 19.7 Å². The molecule has 0 amide bonds. The van der Waals surface area contributed by atoms with Crippen molar-refractivity contribution in [2.24, 2.45) is 0 Å².